The molecule has 3 aromatic carbocycles. The highest BCUT2D eigenvalue weighted by Crippen LogP contribution is 2.42. The fourth-order valence-corrected chi connectivity index (χ4v) is 3.56. The van der Waals surface area contributed by atoms with Gasteiger partial charge in [0.2, 0.25) is 0 Å². The number of rotatable bonds is 3. The van der Waals surface area contributed by atoms with Gasteiger partial charge in [-0.3, -0.25) is 14.5 Å². The van der Waals surface area contributed by atoms with E-state index in [9.17, 15) is 19.8 Å². The molecule has 1 unspecified atom stereocenters. The molecular formula is C24H16N2O4. The molecule has 1 amide bonds. The summed E-state index contributed by atoms with van der Waals surface area (Å²) >= 11 is 0. The number of carbonyl (C=O) groups is 2. The van der Waals surface area contributed by atoms with Crippen molar-refractivity contribution in [2.24, 2.45) is 0 Å². The molecule has 0 aromatic heterocycles. The molecule has 1 heterocycles. The van der Waals surface area contributed by atoms with Crippen molar-refractivity contribution in [2.75, 3.05) is 4.90 Å². The molecule has 0 spiro atoms. The molecule has 3 aromatic rings. The molecule has 0 aliphatic carbocycles. The predicted octanol–water partition coefficient (Wildman–Crippen LogP) is 3.89. The predicted molar refractivity (Wildman–Crippen MR) is 110 cm³/mol. The number of nitrogens with zero attached hydrogens (tertiary/aromatic N) is 2. The van der Waals surface area contributed by atoms with E-state index in [4.69, 9.17) is 5.26 Å². The lowest BCUT2D eigenvalue weighted by atomic mass is 9.95. The summed E-state index contributed by atoms with van der Waals surface area (Å²) in [6.45, 7) is 0. The van der Waals surface area contributed by atoms with E-state index in [2.05, 4.69) is 0 Å². The third-order valence-corrected chi connectivity index (χ3v) is 4.95. The van der Waals surface area contributed by atoms with Crippen molar-refractivity contribution in [2.45, 2.75) is 6.04 Å². The van der Waals surface area contributed by atoms with Crippen LogP contribution < -0.4 is 4.90 Å². The van der Waals surface area contributed by atoms with Gasteiger partial charge in [-0.2, -0.15) is 5.26 Å². The van der Waals surface area contributed by atoms with E-state index in [1.165, 1.54) is 17.0 Å². The summed E-state index contributed by atoms with van der Waals surface area (Å²) in [5.74, 6) is -1.95. The molecule has 4 rings (SSSR count). The van der Waals surface area contributed by atoms with Crippen LogP contribution in [0.2, 0.25) is 0 Å². The quantitative estimate of drug-likeness (QED) is 0.397. The zero-order valence-electron chi connectivity index (χ0n) is 15.7. The van der Waals surface area contributed by atoms with Gasteiger partial charge in [-0.15, -0.1) is 0 Å². The maximum absolute atomic E-state index is 13.0. The third kappa shape index (κ3) is 3.19. The van der Waals surface area contributed by atoms with Gasteiger partial charge in [-0.05, 0) is 42.0 Å². The Bertz CT molecular complexity index is 1210. The highest BCUT2D eigenvalue weighted by Gasteiger charge is 2.47. The average molecular weight is 396 g/mol. The maximum Gasteiger partial charge on any atom is 0.300 e. The molecule has 1 aliphatic rings. The number of hydrogen-bond acceptors (Lipinski definition) is 5. The van der Waals surface area contributed by atoms with Crippen LogP contribution in [0.25, 0.3) is 5.76 Å². The summed E-state index contributed by atoms with van der Waals surface area (Å²) in [6, 6.07) is 22.0. The number of carbonyl (C=O) groups excluding carboxylic acids is 2. The second-order valence-corrected chi connectivity index (χ2v) is 6.79. The van der Waals surface area contributed by atoms with Crippen molar-refractivity contribution in [1.29, 1.82) is 5.26 Å². The number of amides is 1. The van der Waals surface area contributed by atoms with E-state index < -0.39 is 17.7 Å². The Morgan fingerprint density at radius 2 is 1.63 bits per heavy atom. The first-order valence-corrected chi connectivity index (χ1v) is 9.17. The molecule has 1 atom stereocenters. The van der Waals surface area contributed by atoms with E-state index in [-0.39, 0.29) is 17.1 Å². The fraction of sp³-hybridized carbons (Fsp3) is 0.0417. The summed E-state index contributed by atoms with van der Waals surface area (Å²) in [6.07, 6.45) is 0. The number of anilines is 1. The number of ketones is 1. The molecule has 0 saturated carbocycles. The second-order valence-electron chi connectivity index (χ2n) is 6.79. The first-order valence-electron chi connectivity index (χ1n) is 9.17. The molecule has 0 bridgehead atoms. The fourth-order valence-electron chi connectivity index (χ4n) is 3.56. The highest BCUT2D eigenvalue weighted by atomic mass is 16.3. The van der Waals surface area contributed by atoms with Crippen LogP contribution >= 0.6 is 0 Å². The SMILES string of the molecule is N#Cc1ccc(N2C(=O)C(=O)/C(=C(\O)c3ccccc3)C2c2cccc(O)c2)cc1. The van der Waals surface area contributed by atoms with E-state index >= 15 is 0 Å². The summed E-state index contributed by atoms with van der Waals surface area (Å²) in [5.41, 5.74) is 1.61. The van der Waals surface area contributed by atoms with Gasteiger partial charge in [0, 0.05) is 11.3 Å². The Balaban J connectivity index is 1.94. The number of aromatic hydroxyl groups is 1. The largest absolute Gasteiger partial charge is 0.508 e. The zero-order valence-corrected chi connectivity index (χ0v) is 15.7. The Hall–Kier alpha value is -4.37. The molecule has 6 heteroatoms. The second kappa shape index (κ2) is 7.57. The van der Waals surface area contributed by atoms with Crippen molar-refractivity contribution in [3.63, 3.8) is 0 Å². The summed E-state index contributed by atoms with van der Waals surface area (Å²) in [5, 5.41) is 29.9. The summed E-state index contributed by atoms with van der Waals surface area (Å²) in [4.78, 5) is 27.2. The molecule has 2 N–H and O–H groups in total. The highest BCUT2D eigenvalue weighted by molar-refractivity contribution is 6.51. The minimum absolute atomic E-state index is 0.0300. The van der Waals surface area contributed by atoms with E-state index in [1.54, 1.807) is 66.7 Å². The normalized spacial score (nSPS) is 17.7. The molecule has 1 fully saturated rings. The number of aliphatic hydroxyl groups is 1. The first-order chi connectivity index (χ1) is 14.5. The standard InChI is InChI=1S/C24H16N2O4/c25-14-15-9-11-18(12-10-15)26-21(17-7-4-8-19(27)13-17)20(23(29)24(26)30)22(28)16-5-2-1-3-6-16/h1-13,21,27-28H/b22-20-. The lowest BCUT2D eigenvalue weighted by molar-refractivity contribution is -0.132. The van der Waals surface area contributed by atoms with Gasteiger partial charge >= 0.3 is 0 Å². The number of phenolic OH excluding ortho intramolecular Hbond substituents is 1. The molecule has 146 valence electrons. The number of aliphatic hydroxyl groups excluding tert-OH is 1. The van der Waals surface area contributed by atoms with Gasteiger partial charge in [0.25, 0.3) is 11.7 Å². The number of phenols is 1. The van der Waals surface area contributed by atoms with E-state index in [0.29, 0.717) is 22.4 Å². The summed E-state index contributed by atoms with van der Waals surface area (Å²) in [7, 11) is 0. The van der Waals surface area contributed by atoms with Crippen LogP contribution in [0.4, 0.5) is 5.69 Å². The van der Waals surface area contributed by atoms with Crippen molar-refractivity contribution in [3.8, 4) is 11.8 Å². The van der Waals surface area contributed by atoms with Gasteiger partial charge in [-0.25, -0.2) is 0 Å². The van der Waals surface area contributed by atoms with Crippen molar-refractivity contribution >= 4 is 23.1 Å². The topological polar surface area (TPSA) is 102 Å². The summed E-state index contributed by atoms with van der Waals surface area (Å²) < 4.78 is 0. The monoisotopic (exact) mass is 396 g/mol. The van der Waals surface area contributed by atoms with Gasteiger partial charge in [0.15, 0.2) is 0 Å². The average Bonchev–Trinajstić information content (AvgIpc) is 3.04. The van der Waals surface area contributed by atoms with Gasteiger partial charge in [0.1, 0.15) is 11.5 Å². The van der Waals surface area contributed by atoms with Crippen LogP contribution in [-0.4, -0.2) is 21.9 Å². The Labute approximate surface area is 172 Å². The van der Waals surface area contributed by atoms with Crippen molar-refractivity contribution < 1.29 is 19.8 Å². The van der Waals surface area contributed by atoms with Crippen LogP contribution in [-0.2, 0) is 9.59 Å². The Kier molecular flexibility index (Phi) is 4.78. The van der Waals surface area contributed by atoms with E-state index in [0.717, 1.165) is 0 Å². The number of Topliss-reactive ketones (excluding diaryl/α,β-unsaturated/α-hetero) is 1. The van der Waals surface area contributed by atoms with Gasteiger partial charge in [0.05, 0.1) is 23.2 Å². The molecule has 1 saturated heterocycles. The first kappa shape index (κ1) is 19.0. The van der Waals surface area contributed by atoms with Crippen molar-refractivity contribution in [1.82, 2.24) is 0 Å². The minimum Gasteiger partial charge on any atom is -0.508 e. The lowest BCUT2D eigenvalue weighted by Gasteiger charge is -2.25. The van der Waals surface area contributed by atoms with Crippen LogP contribution in [0.3, 0.4) is 0 Å². The van der Waals surface area contributed by atoms with Gasteiger partial charge in [-0.1, -0.05) is 42.5 Å². The van der Waals surface area contributed by atoms with Crippen LogP contribution in [0.5, 0.6) is 5.75 Å². The third-order valence-electron chi connectivity index (χ3n) is 4.95. The smallest absolute Gasteiger partial charge is 0.300 e. The van der Waals surface area contributed by atoms with Crippen LogP contribution in [0.15, 0.2) is 84.4 Å². The number of hydrogen-bond donors (Lipinski definition) is 2. The minimum atomic E-state index is -0.940. The maximum atomic E-state index is 13.0. The molecule has 0 radical (unpaired) electrons. The Morgan fingerprint density at radius 1 is 0.933 bits per heavy atom. The molecule has 1 aliphatic heterocycles. The lowest BCUT2D eigenvalue weighted by Crippen LogP contribution is -2.29. The van der Waals surface area contributed by atoms with Gasteiger partial charge < -0.3 is 10.2 Å². The molecule has 6 nitrogen and oxygen atoms in total. The Morgan fingerprint density at radius 3 is 2.27 bits per heavy atom. The number of benzene rings is 3. The van der Waals surface area contributed by atoms with E-state index in [1.807, 2.05) is 6.07 Å². The molecule has 30 heavy (non-hydrogen) atoms. The number of nitriles is 1. The van der Waals surface area contributed by atoms with Crippen LogP contribution in [0.1, 0.15) is 22.7 Å². The van der Waals surface area contributed by atoms with Crippen molar-refractivity contribution in [3.05, 3.63) is 101 Å². The zero-order chi connectivity index (χ0) is 21.3. The van der Waals surface area contributed by atoms with Crippen LogP contribution in [0, 0.1) is 11.3 Å². The molecular weight excluding hydrogens is 380 g/mol.